The fourth-order valence-electron chi connectivity index (χ4n) is 2.10. The molecule has 0 radical (unpaired) electrons. The Bertz CT molecular complexity index is 907. The van der Waals surface area contributed by atoms with Crippen molar-refractivity contribution in [3.8, 4) is 29.1 Å². The van der Waals surface area contributed by atoms with Crippen molar-refractivity contribution in [2.24, 2.45) is 0 Å². The van der Waals surface area contributed by atoms with Crippen LogP contribution in [0.15, 0.2) is 48.8 Å². The molecule has 0 fully saturated rings. The average molecular weight is 337 g/mol. The summed E-state index contributed by atoms with van der Waals surface area (Å²) >= 11 is 6.16. The molecule has 0 aliphatic carbocycles. The van der Waals surface area contributed by atoms with E-state index in [1.807, 2.05) is 25.1 Å². The van der Waals surface area contributed by atoms with Gasteiger partial charge in [-0.1, -0.05) is 18.5 Å². The number of aromatic nitrogens is 3. The molecule has 6 heteroatoms. The van der Waals surface area contributed by atoms with Crippen LogP contribution in [0.3, 0.4) is 0 Å². The van der Waals surface area contributed by atoms with Gasteiger partial charge >= 0.3 is 0 Å². The Morgan fingerprint density at radius 2 is 1.92 bits per heavy atom. The lowest BCUT2D eigenvalue weighted by atomic mass is 10.2. The smallest absolute Gasteiger partial charge is 0.223 e. The van der Waals surface area contributed by atoms with E-state index < -0.39 is 0 Å². The summed E-state index contributed by atoms with van der Waals surface area (Å²) in [6.07, 6.45) is 4.13. The fourth-order valence-corrected chi connectivity index (χ4v) is 2.32. The van der Waals surface area contributed by atoms with Crippen molar-refractivity contribution in [3.63, 3.8) is 0 Å². The fraction of sp³-hybridized carbons (Fsp3) is 0.111. The molecule has 2 aromatic heterocycles. The molecule has 0 spiro atoms. The van der Waals surface area contributed by atoms with Gasteiger partial charge in [-0.05, 0) is 36.8 Å². The lowest BCUT2D eigenvalue weighted by molar-refractivity contribution is 0.461. The molecule has 0 saturated carbocycles. The van der Waals surface area contributed by atoms with E-state index >= 15 is 0 Å². The standard InChI is InChI=1S/C18H13ClN4O/c1-2-14-10-17(23-18(22-14)13-5-7-21-8-6-13)24-16-4-3-12(11-20)9-15(16)19/h3-10H,2H2,1H3. The van der Waals surface area contributed by atoms with E-state index in [4.69, 9.17) is 21.6 Å². The number of nitrogens with zero attached hydrogens (tertiary/aromatic N) is 4. The molecule has 0 aliphatic heterocycles. The highest BCUT2D eigenvalue weighted by Crippen LogP contribution is 2.30. The summed E-state index contributed by atoms with van der Waals surface area (Å²) in [6, 6.07) is 12.4. The van der Waals surface area contributed by atoms with E-state index in [1.54, 1.807) is 36.7 Å². The van der Waals surface area contributed by atoms with Crippen LogP contribution >= 0.6 is 11.6 Å². The zero-order chi connectivity index (χ0) is 16.9. The van der Waals surface area contributed by atoms with Crippen LogP contribution in [0.5, 0.6) is 11.6 Å². The van der Waals surface area contributed by atoms with Gasteiger partial charge in [-0.15, -0.1) is 0 Å². The van der Waals surface area contributed by atoms with E-state index in [0.29, 0.717) is 28.0 Å². The van der Waals surface area contributed by atoms with Gasteiger partial charge in [-0.2, -0.15) is 10.2 Å². The Kier molecular flexibility index (Phi) is 4.69. The first-order chi connectivity index (χ1) is 11.7. The van der Waals surface area contributed by atoms with Crippen LogP contribution in [-0.2, 0) is 6.42 Å². The Hall–Kier alpha value is -2.97. The molecular weight excluding hydrogens is 324 g/mol. The molecule has 0 aliphatic rings. The van der Waals surface area contributed by atoms with Crippen molar-refractivity contribution in [2.45, 2.75) is 13.3 Å². The molecule has 1 aromatic carbocycles. The second-order valence-electron chi connectivity index (χ2n) is 4.97. The Labute approximate surface area is 144 Å². The number of halogens is 1. The molecule has 118 valence electrons. The Balaban J connectivity index is 1.98. The van der Waals surface area contributed by atoms with E-state index in [0.717, 1.165) is 17.7 Å². The van der Waals surface area contributed by atoms with Crippen LogP contribution in [0.4, 0.5) is 0 Å². The quantitative estimate of drug-likeness (QED) is 0.705. The van der Waals surface area contributed by atoms with Gasteiger partial charge in [0.25, 0.3) is 0 Å². The van der Waals surface area contributed by atoms with Gasteiger partial charge in [0, 0.05) is 29.7 Å². The summed E-state index contributed by atoms with van der Waals surface area (Å²) in [4.78, 5) is 13.0. The molecule has 24 heavy (non-hydrogen) atoms. The van der Waals surface area contributed by atoms with Gasteiger partial charge < -0.3 is 4.74 Å². The van der Waals surface area contributed by atoms with Crippen LogP contribution in [0, 0.1) is 11.3 Å². The zero-order valence-corrected chi connectivity index (χ0v) is 13.7. The third-order valence-corrected chi connectivity index (χ3v) is 3.63. The first-order valence-corrected chi connectivity index (χ1v) is 7.73. The van der Waals surface area contributed by atoms with Crippen molar-refractivity contribution in [2.75, 3.05) is 0 Å². The Morgan fingerprint density at radius 1 is 1.12 bits per heavy atom. The van der Waals surface area contributed by atoms with Crippen molar-refractivity contribution >= 4 is 11.6 Å². The number of ether oxygens (including phenoxy) is 1. The summed E-state index contributed by atoms with van der Waals surface area (Å²) < 4.78 is 5.81. The van der Waals surface area contributed by atoms with E-state index in [2.05, 4.69) is 15.0 Å². The highest BCUT2D eigenvalue weighted by molar-refractivity contribution is 6.32. The number of benzene rings is 1. The van der Waals surface area contributed by atoms with Gasteiger partial charge in [-0.25, -0.2) is 4.98 Å². The largest absolute Gasteiger partial charge is 0.437 e. The highest BCUT2D eigenvalue weighted by Gasteiger charge is 2.10. The molecule has 0 atom stereocenters. The van der Waals surface area contributed by atoms with Crippen molar-refractivity contribution in [1.29, 1.82) is 5.26 Å². The number of aryl methyl sites for hydroxylation is 1. The molecule has 0 saturated heterocycles. The van der Waals surface area contributed by atoms with Gasteiger partial charge in [0.05, 0.1) is 16.7 Å². The lowest BCUT2D eigenvalue weighted by Crippen LogP contribution is -1.98. The summed E-state index contributed by atoms with van der Waals surface area (Å²) in [5.41, 5.74) is 2.19. The number of pyridine rings is 1. The third kappa shape index (κ3) is 3.50. The first kappa shape index (κ1) is 15.9. The lowest BCUT2D eigenvalue weighted by Gasteiger charge is -2.10. The second-order valence-corrected chi connectivity index (χ2v) is 5.38. The minimum absolute atomic E-state index is 0.358. The van der Waals surface area contributed by atoms with E-state index in [1.165, 1.54) is 0 Å². The van der Waals surface area contributed by atoms with Crippen LogP contribution in [0.2, 0.25) is 5.02 Å². The zero-order valence-electron chi connectivity index (χ0n) is 12.9. The normalized spacial score (nSPS) is 10.2. The van der Waals surface area contributed by atoms with Gasteiger partial charge in [0.2, 0.25) is 5.88 Å². The van der Waals surface area contributed by atoms with Crippen LogP contribution in [-0.4, -0.2) is 15.0 Å². The number of hydrogen-bond acceptors (Lipinski definition) is 5. The summed E-state index contributed by atoms with van der Waals surface area (Å²) in [6.45, 7) is 2.01. The number of rotatable bonds is 4. The van der Waals surface area contributed by atoms with E-state index in [9.17, 15) is 0 Å². The maximum Gasteiger partial charge on any atom is 0.223 e. The monoisotopic (exact) mass is 336 g/mol. The molecule has 5 nitrogen and oxygen atoms in total. The summed E-state index contributed by atoms with van der Waals surface area (Å²) in [5.74, 6) is 1.41. The molecule has 3 aromatic rings. The van der Waals surface area contributed by atoms with Gasteiger partial charge in [0.15, 0.2) is 5.82 Å². The maximum absolute atomic E-state index is 8.90. The molecule has 0 N–H and O–H groups in total. The molecular formula is C18H13ClN4O. The maximum atomic E-state index is 8.90. The van der Waals surface area contributed by atoms with Crippen molar-refractivity contribution < 1.29 is 4.74 Å². The molecule has 3 rings (SSSR count). The molecule has 2 heterocycles. The van der Waals surface area contributed by atoms with Crippen LogP contribution < -0.4 is 4.74 Å². The number of hydrogen-bond donors (Lipinski definition) is 0. The van der Waals surface area contributed by atoms with Gasteiger partial charge in [0.1, 0.15) is 5.75 Å². The Morgan fingerprint density at radius 3 is 2.58 bits per heavy atom. The predicted molar refractivity (Wildman–Crippen MR) is 90.9 cm³/mol. The molecule has 0 amide bonds. The molecule has 0 unspecified atom stereocenters. The van der Waals surface area contributed by atoms with Crippen molar-refractivity contribution in [1.82, 2.24) is 15.0 Å². The van der Waals surface area contributed by atoms with Crippen molar-refractivity contribution in [3.05, 3.63) is 65.1 Å². The first-order valence-electron chi connectivity index (χ1n) is 7.35. The van der Waals surface area contributed by atoms with E-state index in [-0.39, 0.29) is 0 Å². The highest BCUT2D eigenvalue weighted by atomic mass is 35.5. The third-order valence-electron chi connectivity index (χ3n) is 3.33. The minimum Gasteiger partial charge on any atom is -0.437 e. The average Bonchev–Trinajstić information content (AvgIpc) is 2.63. The second kappa shape index (κ2) is 7.07. The minimum atomic E-state index is 0.358. The SMILES string of the molecule is CCc1cc(Oc2ccc(C#N)cc2Cl)nc(-c2ccncc2)n1. The van der Waals surface area contributed by atoms with Crippen LogP contribution in [0.25, 0.3) is 11.4 Å². The van der Waals surface area contributed by atoms with Crippen LogP contribution in [0.1, 0.15) is 18.2 Å². The molecule has 0 bridgehead atoms. The van der Waals surface area contributed by atoms with Gasteiger partial charge in [-0.3, -0.25) is 4.98 Å². The number of nitriles is 1. The predicted octanol–water partition coefficient (Wildman–Crippen LogP) is 4.42. The summed E-state index contributed by atoms with van der Waals surface area (Å²) in [7, 11) is 0. The summed E-state index contributed by atoms with van der Waals surface area (Å²) in [5, 5.41) is 9.26. The topological polar surface area (TPSA) is 71.7 Å².